The second kappa shape index (κ2) is 6.77. The van der Waals surface area contributed by atoms with Crippen molar-refractivity contribution in [1.29, 1.82) is 0 Å². The summed E-state index contributed by atoms with van der Waals surface area (Å²) in [5, 5.41) is 0. The maximum Gasteiger partial charge on any atom is 0.251 e. The second-order valence-corrected chi connectivity index (χ2v) is 9.02. The Balaban J connectivity index is 1.29. The van der Waals surface area contributed by atoms with Crippen molar-refractivity contribution in [2.75, 3.05) is 26.2 Å². The number of rotatable bonds is 3. The Labute approximate surface area is 148 Å². The van der Waals surface area contributed by atoms with E-state index in [1.54, 1.807) is 0 Å². The summed E-state index contributed by atoms with van der Waals surface area (Å²) < 4.78 is 6.35. The van der Waals surface area contributed by atoms with E-state index in [2.05, 4.69) is 24.0 Å². The number of nitrogens with zero attached hydrogens (tertiary/aromatic N) is 2. The van der Waals surface area contributed by atoms with E-state index in [0.717, 1.165) is 71.2 Å². The number of ether oxygens (including phenoxy) is 1. The Bertz CT molecular complexity index is 586. The van der Waals surface area contributed by atoms with Crippen LogP contribution < -0.4 is 0 Å². The fourth-order valence-electron chi connectivity index (χ4n) is 4.41. The van der Waals surface area contributed by atoms with Gasteiger partial charge in [0.15, 0.2) is 0 Å². The number of aryl methyl sites for hydroxylation is 1. The number of hydrogen-bond acceptors (Lipinski definition) is 4. The molecule has 1 unspecified atom stereocenters. The number of carbonyl (C=O) groups excluding carboxylic acids is 1. The van der Waals surface area contributed by atoms with Gasteiger partial charge in [0.2, 0.25) is 0 Å². The van der Waals surface area contributed by atoms with Gasteiger partial charge in [0, 0.05) is 42.5 Å². The molecule has 1 amide bonds. The van der Waals surface area contributed by atoms with Gasteiger partial charge < -0.3 is 9.64 Å². The molecule has 4 rings (SSSR count). The van der Waals surface area contributed by atoms with Crippen molar-refractivity contribution in [3.05, 3.63) is 21.9 Å². The Morgan fingerprint density at radius 3 is 2.62 bits per heavy atom. The van der Waals surface area contributed by atoms with Gasteiger partial charge >= 0.3 is 0 Å². The summed E-state index contributed by atoms with van der Waals surface area (Å²) in [5.41, 5.74) is -0.0259. The fraction of sp³-hybridized carbons (Fsp3) is 0.737. The molecule has 4 heterocycles. The van der Waals surface area contributed by atoms with E-state index < -0.39 is 0 Å². The average molecular weight is 349 g/mol. The van der Waals surface area contributed by atoms with Crippen LogP contribution in [0, 0.1) is 6.92 Å². The average Bonchev–Trinajstić information content (AvgIpc) is 3.31. The van der Waals surface area contributed by atoms with Crippen molar-refractivity contribution in [2.24, 2.45) is 0 Å². The van der Waals surface area contributed by atoms with Gasteiger partial charge in [0.05, 0.1) is 5.60 Å². The van der Waals surface area contributed by atoms with E-state index in [9.17, 15) is 4.79 Å². The summed E-state index contributed by atoms with van der Waals surface area (Å²) in [7, 11) is 0. The first-order valence-electron chi connectivity index (χ1n) is 9.38. The van der Waals surface area contributed by atoms with E-state index in [0.29, 0.717) is 0 Å². The minimum Gasteiger partial charge on any atom is -0.362 e. The van der Waals surface area contributed by atoms with Gasteiger partial charge in [-0.25, -0.2) is 0 Å². The van der Waals surface area contributed by atoms with Crippen LogP contribution in [0.25, 0.3) is 0 Å². The van der Waals surface area contributed by atoms with Crippen LogP contribution in [0.5, 0.6) is 0 Å². The van der Waals surface area contributed by atoms with Crippen molar-refractivity contribution in [2.45, 2.75) is 63.7 Å². The fourth-order valence-corrected chi connectivity index (χ4v) is 5.34. The number of piperidine rings is 1. The van der Waals surface area contributed by atoms with Crippen LogP contribution in [0.3, 0.4) is 0 Å². The summed E-state index contributed by atoms with van der Waals surface area (Å²) in [5.74, 6) is 0.251. The van der Waals surface area contributed by atoms with Crippen LogP contribution in [0.1, 0.15) is 48.3 Å². The molecule has 1 aromatic heterocycles. The molecule has 1 aromatic rings. The second-order valence-electron chi connectivity index (χ2n) is 7.65. The van der Waals surface area contributed by atoms with E-state index in [4.69, 9.17) is 4.74 Å². The first-order chi connectivity index (χ1) is 11.6. The van der Waals surface area contributed by atoms with E-state index >= 15 is 0 Å². The molecule has 3 saturated heterocycles. The van der Waals surface area contributed by atoms with E-state index in [-0.39, 0.29) is 17.6 Å². The monoisotopic (exact) mass is 348 g/mol. The topological polar surface area (TPSA) is 32.8 Å². The molecule has 0 aromatic carbocycles. The third kappa shape index (κ3) is 3.39. The van der Waals surface area contributed by atoms with Gasteiger partial charge in [-0.3, -0.25) is 9.69 Å². The van der Waals surface area contributed by atoms with E-state index in [1.165, 1.54) is 9.75 Å². The zero-order chi connectivity index (χ0) is 16.6. The minimum atomic E-state index is -0.172. The number of likely N-dealkylation sites (tertiary alicyclic amines) is 2. The summed E-state index contributed by atoms with van der Waals surface area (Å²) in [6.07, 6.45) is 6.25. The maximum atomic E-state index is 12.6. The van der Waals surface area contributed by atoms with Crippen LogP contribution >= 0.6 is 11.3 Å². The van der Waals surface area contributed by atoms with Gasteiger partial charge in [-0.1, -0.05) is 0 Å². The Morgan fingerprint density at radius 1 is 1.21 bits per heavy atom. The Hall–Kier alpha value is -0.910. The molecule has 1 atom stereocenters. The highest BCUT2D eigenvalue weighted by atomic mass is 32.1. The number of carbonyl (C=O) groups is 1. The number of thiophene rings is 1. The lowest BCUT2D eigenvalue weighted by atomic mass is 9.88. The third-order valence-corrected chi connectivity index (χ3v) is 6.88. The largest absolute Gasteiger partial charge is 0.362 e. The molecule has 0 N–H and O–H groups in total. The SMILES string of the molecule is Cc1ccc(CN2CCC3(CCC(C(=O)N4CCCC4)O3)CC2)s1. The molecule has 5 heteroatoms. The summed E-state index contributed by atoms with van der Waals surface area (Å²) in [6, 6.07) is 4.46. The lowest BCUT2D eigenvalue weighted by Gasteiger charge is -2.39. The molecule has 3 fully saturated rings. The van der Waals surface area contributed by atoms with Crippen LogP contribution in [-0.4, -0.2) is 53.6 Å². The van der Waals surface area contributed by atoms with Crippen molar-refractivity contribution in [3.8, 4) is 0 Å². The van der Waals surface area contributed by atoms with Gasteiger partial charge in [-0.05, 0) is 57.6 Å². The Kier molecular flexibility index (Phi) is 4.67. The summed E-state index contributed by atoms with van der Waals surface area (Å²) in [6.45, 7) is 7.26. The molecule has 0 bridgehead atoms. The minimum absolute atomic E-state index is 0.0259. The molecule has 132 valence electrons. The molecule has 0 saturated carbocycles. The van der Waals surface area contributed by atoms with Crippen molar-refractivity contribution >= 4 is 17.2 Å². The third-order valence-electron chi connectivity index (χ3n) is 5.89. The molecule has 1 spiro atoms. The first-order valence-corrected chi connectivity index (χ1v) is 10.2. The van der Waals surface area contributed by atoms with Crippen LogP contribution in [0.4, 0.5) is 0 Å². The lowest BCUT2D eigenvalue weighted by Crippen LogP contribution is -2.45. The van der Waals surface area contributed by atoms with E-state index in [1.807, 2.05) is 16.2 Å². The lowest BCUT2D eigenvalue weighted by molar-refractivity contribution is -0.150. The van der Waals surface area contributed by atoms with Gasteiger partial charge in [0.1, 0.15) is 6.10 Å². The van der Waals surface area contributed by atoms with Crippen molar-refractivity contribution in [1.82, 2.24) is 9.80 Å². The predicted molar refractivity (Wildman–Crippen MR) is 96.2 cm³/mol. The standard InChI is InChI=1S/C19H28N2O2S/c1-15-4-5-16(24-15)14-20-12-8-19(9-13-20)7-6-17(23-19)18(22)21-10-2-3-11-21/h4-5,17H,2-3,6-14H2,1H3. The highest BCUT2D eigenvalue weighted by Gasteiger charge is 2.45. The molecule has 3 aliphatic heterocycles. The quantitative estimate of drug-likeness (QED) is 0.841. The normalized spacial score (nSPS) is 27.2. The van der Waals surface area contributed by atoms with Crippen LogP contribution in [-0.2, 0) is 16.1 Å². The highest BCUT2D eigenvalue weighted by molar-refractivity contribution is 7.11. The van der Waals surface area contributed by atoms with Crippen molar-refractivity contribution in [3.63, 3.8) is 0 Å². The summed E-state index contributed by atoms with van der Waals surface area (Å²) >= 11 is 1.90. The zero-order valence-corrected chi connectivity index (χ0v) is 15.4. The molecule has 24 heavy (non-hydrogen) atoms. The maximum absolute atomic E-state index is 12.6. The molecule has 0 radical (unpaired) electrons. The molecular formula is C19H28N2O2S. The van der Waals surface area contributed by atoms with Crippen LogP contribution in [0.15, 0.2) is 12.1 Å². The summed E-state index contributed by atoms with van der Waals surface area (Å²) in [4.78, 5) is 20.0. The number of amides is 1. The highest BCUT2D eigenvalue weighted by Crippen LogP contribution is 2.40. The van der Waals surface area contributed by atoms with Crippen molar-refractivity contribution < 1.29 is 9.53 Å². The molecule has 0 aliphatic carbocycles. The molecule has 4 nitrogen and oxygen atoms in total. The Morgan fingerprint density at radius 2 is 1.96 bits per heavy atom. The predicted octanol–water partition coefficient (Wildman–Crippen LogP) is 3.19. The smallest absolute Gasteiger partial charge is 0.251 e. The van der Waals surface area contributed by atoms with Gasteiger partial charge in [0.25, 0.3) is 5.91 Å². The van der Waals surface area contributed by atoms with Crippen LogP contribution in [0.2, 0.25) is 0 Å². The molecular weight excluding hydrogens is 320 g/mol. The van der Waals surface area contributed by atoms with Gasteiger partial charge in [-0.2, -0.15) is 0 Å². The number of hydrogen-bond donors (Lipinski definition) is 0. The first kappa shape index (κ1) is 16.6. The zero-order valence-electron chi connectivity index (χ0n) is 14.6. The van der Waals surface area contributed by atoms with Gasteiger partial charge in [-0.15, -0.1) is 11.3 Å². The molecule has 3 aliphatic rings.